The smallest absolute Gasteiger partial charge is 0.242 e. The summed E-state index contributed by atoms with van der Waals surface area (Å²) in [4.78, 5) is 31.7. The lowest BCUT2D eigenvalue weighted by molar-refractivity contribution is -0.128. The number of thioether (sulfide) groups is 1. The molecule has 1 atom stereocenters. The number of para-hydroxylation sites is 1. The fourth-order valence-corrected chi connectivity index (χ4v) is 4.21. The van der Waals surface area contributed by atoms with Crippen LogP contribution in [0.5, 0.6) is 0 Å². The molecule has 1 saturated heterocycles. The molecule has 1 aliphatic heterocycles. The SMILES string of the molecule is Cc1ccc(NC(=O)C[C@@H]2SC(=Nc3ccccc3)N(C3CC3)C2=O)cc1. The van der Waals surface area contributed by atoms with Gasteiger partial charge < -0.3 is 5.32 Å². The van der Waals surface area contributed by atoms with Gasteiger partial charge in [0.15, 0.2) is 5.17 Å². The van der Waals surface area contributed by atoms with Crippen LogP contribution >= 0.6 is 11.8 Å². The first-order valence-electron chi connectivity index (χ1n) is 9.10. The Hall–Kier alpha value is -2.60. The second-order valence-corrected chi connectivity index (χ2v) is 8.06. The molecule has 2 aromatic carbocycles. The number of amides is 2. The number of nitrogens with zero attached hydrogens (tertiary/aromatic N) is 2. The average molecular weight is 379 g/mol. The molecular formula is C21H21N3O2S. The van der Waals surface area contributed by atoms with E-state index in [1.54, 1.807) is 4.90 Å². The number of aryl methyl sites for hydroxylation is 1. The highest BCUT2D eigenvalue weighted by molar-refractivity contribution is 8.15. The summed E-state index contributed by atoms with van der Waals surface area (Å²) in [6.07, 6.45) is 2.15. The van der Waals surface area contributed by atoms with E-state index < -0.39 is 5.25 Å². The molecule has 0 unspecified atom stereocenters. The molecule has 2 amide bonds. The van der Waals surface area contributed by atoms with E-state index in [2.05, 4.69) is 10.3 Å². The maximum absolute atomic E-state index is 12.9. The summed E-state index contributed by atoms with van der Waals surface area (Å²) in [6, 6.07) is 17.5. The zero-order valence-electron chi connectivity index (χ0n) is 15.1. The summed E-state index contributed by atoms with van der Waals surface area (Å²) in [6.45, 7) is 2.00. The highest BCUT2D eigenvalue weighted by Gasteiger charge is 2.46. The molecule has 5 nitrogen and oxygen atoms in total. The molecule has 6 heteroatoms. The number of nitrogens with one attached hydrogen (secondary N) is 1. The first-order chi connectivity index (χ1) is 13.1. The van der Waals surface area contributed by atoms with E-state index in [-0.39, 0.29) is 24.3 Å². The Morgan fingerprint density at radius 3 is 2.52 bits per heavy atom. The minimum absolute atomic E-state index is 0.00348. The molecule has 1 heterocycles. The van der Waals surface area contributed by atoms with Crippen LogP contribution < -0.4 is 5.32 Å². The third-order valence-electron chi connectivity index (χ3n) is 4.57. The summed E-state index contributed by atoms with van der Waals surface area (Å²) >= 11 is 1.40. The molecule has 2 aromatic rings. The second-order valence-electron chi connectivity index (χ2n) is 6.89. The number of benzene rings is 2. The molecule has 0 radical (unpaired) electrons. The van der Waals surface area contributed by atoms with Crippen LogP contribution in [-0.2, 0) is 9.59 Å². The van der Waals surface area contributed by atoms with Gasteiger partial charge in [0.1, 0.15) is 5.25 Å². The summed E-state index contributed by atoms with van der Waals surface area (Å²) in [5.74, 6) is -0.155. The van der Waals surface area contributed by atoms with Gasteiger partial charge in [0.05, 0.1) is 5.69 Å². The van der Waals surface area contributed by atoms with E-state index in [0.29, 0.717) is 5.17 Å². The van der Waals surface area contributed by atoms with Crippen molar-refractivity contribution in [2.45, 2.75) is 37.5 Å². The van der Waals surface area contributed by atoms with Crippen molar-refractivity contribution in [1.29, 1.82) is 0 Å². The Kier molecular flexibility index (Phi) is 4.99. The molecule has 4 rings (SSSR count). The zero-order valence-corrected chi connectivity index (χ0v) is 15.9. The Bertz CT molecular complexity index is 876. The summed E-state index contributed by atoms with van der Waals surface area (Å²) in [5, 5.41) is 3.17. The van der Waals surface area contributed by atoms with Crippen molar-refractivity contribution in [2.75, 3.05) is 5.32 Å². The number of carbonyl (C=O) groups is 2. The number of amidine groups is 1. The maximum atomic E-state index is 12.9. The number of hydrogen-bond donors (Lipinski definition) is 1. The molecule has 0 spiro atoms. The number of anilines is 1. The summed E-state index contributed by atoms with van der Waals surface area (Å²) in [5.41, 5.74) is 2.71. The van der Waals surface area contributed by atoms with Gasteiger partial charge in [0.2, 0.25) is 11.8 Å². The van der Waals surface area contributed by atoms with E-state index in [1.165, 1.54) is 11.8 Å². The van der Waals surface area contributed by atoms with Crippen molar-refractivity contribution in [3.05, 3.63) is 60.2 Å². The largest absolute Gasteiger partial charge is 0.326 e. The lowest BCUT2D eigenvalue weighted by atomic mass is 10.2. The lowest BCUT2D eigenvalue weighted by Gasteiger charge is -2.15. The van der Waals surface area contributed by atoms with Crippen LogP contribution in [0.15, 0.2) is 59.6 Å². The van der Waals surface area contributed by atoms with Crippen molar-refractivity contribution in [3.63, 3.8) is 0 Å². The molecule has 0 aromatic heterocycles. The Morgan fingerprint density at radius 1 is 1.15 bits per heavy atom. The molecule has 0 bridgehead atoms. The first-order valence-corrected chi connectivity index (χ1v) is 9.98. The molecule has 27 heavy (non-hydrogen) atoms. The van der Waals surface area contributed by atoms with Gasteiger partial charge in [-0.3, -0.25) is 14.5 Å². The van der Waals surface area contributed by atoms with E-state index in [9.17, 15) is 9.59 Å². The fraction of sp³-hybridized carbons (Fsp3) is 0.286. The van der Waals surface area contributed by atoms with Gasteiger partial charge in [-0.15, -0.1) is 0 Å². The van der Waals surface area contributed by atoms with Gasteiger partial charge in [-0.2, -0.15) is 0 Å². The van der Waals surface area contributed by atoms with Crippen LogP contribution in [-0.4, -0.2) is 33.2 Å². The van der Waals surface area contributed by atoms with Crippen LogP contribution in [0.4, 0.5) is 11.4 Å². The molecule has 138 valence electrons. The normalized spacial score (nSPS) is 20.9. The van der Waals surface area contributed by atoms with Crippen molar-refractivity contribution in [2.24, 2.45) is 4.99 Å². The summed E-state index contributed by atoms with van der Waals surface area (Å²) < 4.78 is 0. The highest BCUT2D eigenvalue weighted by Crippen LogP contribution is 2.39. The zero-order chi connectivity index (χ0) is 18.8. The highest BCUT2D eigenvalue weighted by atomic mass is 32.2. The molecule has 1 saturated carbocycles. The van der Waals surface area contributed by atoms with Crippen LogP contribution in [0.2, 0.25) is 0 Å². The van der Waals surface area contributed by atoms with Crippen molar-refractivity contribution in [3.8, 4) is 0 Å². The van der Waals surface area contributed by atoms with E-state index in [1.807, 2.05) is 61.5 Å². The Balaban J connectivity index is 1.47. The second kappa shape index (κ2) is 7.56. The van der Waals surface area contributed by atoms with Gasteiger partial charge in [-0.05, 0) is 44.0 Å². The fourth-order valence-electron chi connectivity index (χ4n) is 2.99. The van der Waals surface area contributed by atoms with Gasteiger partial charge in [0, 0.05) is 18.2 Å². The minimum Gasteiger partial charge on any atom is -0.326 e. The van der Waals surface area contributed by atoms with E-state index in [0.717, 1.165) is 29.8 Å². The molecule has 2 aliphatic rings. The predicted molar refractivity (Wildman–Crippen MR) is 109 cm³/mol. The molecule has 2 fully saturated rings. The average Bonchev–Trinajstić information content (AvgIpc) is 3.44. The van der Waals surface area contributed by atoms with E-state index in [4.69, 9.17) is 0 Å². The molecule has 1 N–H and O–H groups in total. The number of carbonyl (C=O) groups excluding carboxylic acids is 2. The van der Waals surface area contributed by atoms with Crippen molar-refractivity contribution >= 4 is 40.1 Å². The lowest BCUT2D eigenvalue weighted by Crippen LogP contribution is -2.35. The molecule has 1 aliphatic carbocycles. The van der Waals surface area contributed by atoms with Gasteiger partial charge in [-0.1, -0.05) is 47.7 Å². The van der Waals surface area contributed by atoms with E-state index >= 15 is 0 Å². The van der Waals surface area contributed by atoms with Gasteiger partial charge in [-0.25, -0.2) is 4.99 Å². The molecular weight excluding hydrogens is 358 g/mol. The first kappa shape index (κ1) is 17.8. The maximum Gasteiger partial charge on any atom is 0.242 e. The quantitative estimate of drug-likeness (QED) is 0.850. The van der Waals surface area contributed by atoms with Crippen LogP contribution in [0.3, 0.4) is 0 Å². The van der Waals surface area contributed by atoms with Crippen LogP contribution in [0.1, 0.15) is 24.8 Å². The van der Waals surface area contributed by atoms with Crippen molar-refractivity contribution < 1.29 is 9.59 Å². The minimum atomic E-state index is -0.418. The standard InChI is InChI=1S/C21H21N3O2S/c1-14-7-9-16(10-8-14)22-19(25)13-18-20(26)24(17-11-12-17)21(27-18)23-15-5-3-2-4-6-15/h2-10,17-18H,11-13H2,1H3,(H,22,25)/t18-/m0/s1. The number of hydrogen-bond acceptors (Lipinski definition) is 4. The van der Waals surface area contributed by atoms with Gasteiger partial charge >= 0.3 is 0 Å². The Labute approximate surface area is 162 Å². The predicted octanol–water partition coefficient (Wildman–Crippen LogP) is 4.12. The Morgan fingerprint density at radius 2 is 1.85 bits per heavy atom. The van der Waals surface area contributed by atoms with Crippen LogP contribution in [0, 0.1) is 6.92 Å². The monoisotopic (exact) mass is 379 g/mol. The topological polar surface area (TPSA) is 61.8 Å². The van der Waals surface area contributed by atoms with Gasteiger partial charge in [0.25, 0.3) is 0 Å². The van der Waals surface area contributed by atoms with Crippen LogP contribution in [0.25, 0.3) is 0 Å². The summed E-state index contributed by atoms with van der Waals surface area (Å²) in [7, 11) is 0. The van der Waals surface area contributed by atoms with Crippen molar-refractivity contribution in [1.82, 2.24) is 4.90 Å². The third-order valence-corrected chi connectivity index (χ3v) is 5.72. The number of aliphatic imine (C=N–C) groups is 1. The number of rotatable bonds is 5. The third kappa shape index (κ3) is 4.22.